The Morgan fingerprint density at radius 1 is 0.921 bits per heavy atom. The molecule has 0 aliphatic heterocycles. The van der Waals surface area contributed by atoms with Crippen LogP contribution in [0.25, 0.3) is 10.9 Å². The predicted octanol–water partition coefficient (Wildman–Crippen LogP) is 6.23. The zero-order chi connectivity index (χ0) is 27.4. The summed E-state index contributed by atoms with van der Waals surface area (Å²) < 4.78 is 15.4. The molecule has 0 radical (unpaired) electrons. The summed E-state index contributed by atoms with van der Waals surface area (Å²) in [4.78, 5) is 37.9. The summed E-state index contributed by atoms with van der Waals surface area (Å²) in [6.45, 7) is 6.36. The minimum absolute atomic E-state index is 0.0812. The number of aryl methyl sites for hydroxylation is 1. The Kier molecular flexibility index (Phi) is 8.12. The number of halogens is 2. The van der Waals surface area contributed by atoms with Crippen LogP contribution in [0.3, 0.4) is 0 Å². The normalized spacial score (nSPS) is 11.0. The van der Waals surface area contributed by atoms with Crippen LogP contribution < -0.4 is 16.0 Å². The van der Waals surface area contributed by atoms with Gasteiger partial charge >= 0.3 is 0 Å². The average Bonchev–Trinajstić information content (AvgIpc) is 3.26. The lowest BCUT2D eigenvalue weighted by Crippen LogP contribution is -2.27. The van der Waals surface area contributed by atoms with E-state index in [9.17, 15) is 18.8 Å². The Morgan fingerprint density at radius 2 is 1.66 bits per heavy atom. The first-order valence-corrected chi connectivity index (χ1v) is 12.6. The van der Waals surface area contributed by atoms with Crippen molar-refractivity contribution in [2.45, 2.75) is 33.9 Å². The summed E-state index contributed by atoms with van der Waals surface area (Å²) in [5.41, 5.74) is 3.15. The Labute approximate surface area is 225 Å². The molecular formula is C29H28ClFN4O3. The number of amides is 3. The largest absolute Gasteiger partial charge is 0.352 e. The van der Waals surface area contributed by atoms with Crippen molar-refractivity contribution in [2.75, 3.05) is 10.6 Å². The summed E-state index contributed by atoms with van der Waals surface area (Å²) in [6, 6.07) is 17.8. The van der Waals surface area contributed by atoms with Gasteiger partial charge in [-0.3, -0.25) is 14.4 Å². The topological polar surface area (TPSA) is 92.2 Å². The smallest absolute Gasteiger partial charge is 0.272 e. The van der Waals surface area contributed by atoms with Crippen molar-refractivity contribution in [1.29, 1.82) is 0 Å². The van der Waals surface area contributed by atoms with E-state index in [1.165, 1.54) is 18.2 Å². The molecule has 0 saturated heterocycles. The van der Waals surface area contributed by atoms with Crippen LogP contribution >= 0.6 is 11.6 Å². The van der Waals surface area contributed by atoms with Crippen molar-refractivity contribution in [1.82, 2.24) is 9.88 Å². The number of anilines is 2. The lowest BCUT2D eigenvalue weighted by Gasteiger charge is -2.11. The Bertz CT molecular complexity index is 1530. The van der Waals surface area contributed by atoms with E-state index >= 15 is 0 Å². The second-order valence-electron chi connectivity index (χ2n) is 9.15. The zero-order valence-electron chi connectivity index (χ0n) is 21.3. The summed E-state index contributed by atoms with van der Waals surface area (Å²) in [5, 5.41) is 9.46. The predicted molar refractivity (Wildman–Crippen MR) is 148 cm³/mol. The highest BCUT2D eigenvalue weighted by Crippen LogP contribution is 2.26. The van der Waals surface area contributed by atoms with Gasteiger partial charge in [0, 0.05) is 41.3 Å². The number of carbonyl (C=O) groups excluding carboxylic acids is 3. The first kappa shape index (κ1) is 26.9. The van der Waals surface area contributed by atoms with Gasteiger partial charge in [-0.05, 0) is 67.1 Å². The van der Waals surface area contributed by atoms with Crippen molar-refractivity contribution in [3.05, 3.63) is 94.4 Å². The number of nitrogens with zero attached hydrogens (tertiary/aromatic N) is 1. The third-order valence-electron chi connectivity index (χ3n) is 6.06. The minimum atomic E-state index is -0.440. The highest BCUT2D eigenvalue weighted by molar-refractivity contribution is 6.34. The third kappa shape index (κ3) is 6.03. The van der Waals surface area contributed by atoms with Crippen LogP contribution in [-0.2, 0) is 17.9 Å². The van der Waals surface area contributed by atoms with Gasteiger partial charge in [-0.15, -0.1) is 0 Å². The van der Waals surface area contributed by atoms with Gasteiger partial charge in [-0.25, -0.2) is 4.39 Å². The first-order valence-electron chi connectivity index (χ1n) is 12.2. The minimum Gasteiger partial charge on any atom is -0.352 e. The molecule has 3 amide bonds. The lowest BCUT2D eigenvalue weighted by atomic mass is 10.1. The Balaban J connectivity index is 1.54. The highest BCUT2D eigenvalue weighted by atomic mass is 35.5. The summed E-state index contributed by atoms with van der Waals surface area (Å²) >= 11 is 6.30. The van der Waals surface area contributed by atoms with E-state index in [2.05, 4.69) is 16.0 Å². The van der Waals surface area contributed by atoms with Crippen LogP contribution in [0, 0.1) is 11.7 Å². The molecule has 4 rings (SSSR count). The number of aromatic nitrogens is 1. The zero-order valence-corrected chi connectivity index (χ0v) is 22.0. The molecule has 0 fully saturated rings. The molecule has 9 heteroatoms. The van der Waals surface area contributed by atoms with Crippen LogP contribution in [0.5, 0.6) is 0 Å². The van der Waals surface area contributed by atoms with E-state index in [0.717, 1.165) is 16.5 Å². The van der Waals surface area contributed by atoms with Gasteiger partial charge in [-0.1, -0.05) is 37.6 Å². The second-order valence-corrected chi connectivity index (χ2v) is 9.56. The molecule has 0 aliphatic rings. The molecule has 3 N–H and O–H groups in total. The van der Waals surface area contributed by atoms with E-state index < -0.39 is 11.7 Å². The number of hydrogen-bond acceptors (Lipinski definition) is 3. The fourth-order valence-corrected chi connectivity index (χ4v) is 4.29. The maximum Gasteiger partial charge on any atom is 0.272 e. The SMILES string of the molecule is CCn1c(C(=O)Nc2cccc(F)c2)cc2cc(NC(=O)c3cc(CNC(=O)C(C)C)ccc3Cl)ccc21. The average molecular weight is 535 g/mol. The molecule has 1 aromatic heterocycles. The van der Waals surface area contributed by atoms with E-state index in [4.69, 9.17) is 11.6 Å². The number of rotatable bonds is 8. The summed E-state index contributed by atoms with van der Waals surface area (Å²) in [6.07, 6.45) is 0. The van der Waals surface area contributed by atoms with Gasteiger partial charge in [0.1, 0.15) is 11.5 Å². The quantitative estimate of drug-likeness (QED) is 0.250. The van der Waals surface area contributed by atoms with E-state index in [-0.39, 0.29) is 34.9 Å². The van der Waals surface area contributed by atoms with Crippen LogP contribution in [0.2, 0.25) is 5.02 Å². The molecule has 0 aliphatic carbocycles. The highest BCUT2D eigenvalue weighted by Gasteiger charge is 2.17. The van der Waals surface area contributed by atoms with Crippen LogP contribution in [0.4, 0.5) is 15.8 Å². The molecule has 3 aromatic carbocycles. The number of benzene rings is 3. The molecule has 0 unspecified atom stereocenters. The maximum atomic E-state index is 13.5. The molecular weight excluding hydrogens is 507 g/mol. The van der Waals surface area contributed by atoms with Crippen LogP contribution in [0.1, 0.15) is 47.2 Å². The third-order valence-corrected chi connectivity index (χ3v) is 6.39. The van der Waals surface area contributed by atoms with Crippen molar-refractivity contribution in [3.63, 3.8) is 0 Å². The van der Waals surface area contributed by atoms with Crippen molar-refractivity contribution >= 4 is 51.6 Å². The first-order chi connectivity index (χ1) is 18.2. The fourth-order valence-electron chi connectivity index (χ4n) is 4.09. The van der Waals surface area contributed by atoms with Gasteiger partial charge in [0.15, 0.2) is 0 Å². The molecule has 0 saturated carbocycles. The summed E-state index contributed by atoms with van der Waals surface area (Å²) in [7, 11) is 0. The van der Waals surface area contributed by atoms with Crippen molar-refractivity contribution in [2.24, 2.45) is 5.92 Å². The Morgan fingerprint density at radius 3 is 2.37 bits per heavy atom. The molecule has 1 heterocycles. The second kappa shape index (κ2) is 11.5. The number of nitrogens with one attached hydrogen (secondary N) is 3. The molecule has 0 spiro atoms. The van der Waals surface area contributed by atoms with Gasteiger partial charge in [0.25, 0.3) is 11.8 Å². The molecule has 7 nitrogen and oxygen atoms in total. The fraction of sp³-hybridized carbons (Fsp3) is 0.207. The molecule has 38 heavy (non-hydrogen) atoms. The number of hydrogen-bond donors (Lipinski definition) is 3. The number of fused-ring (bicyclic) bond motifs is 1. The maximum absolute atomic E-state index is 13.5. The van der Waals surface area contributed by atoms with Gasteiger partial charge < -0.3 is 20.5 Å². The Hall–Kier alpha value is -4.17. The van der Waals surface area contributed by atoms with Gasteiger partial charge in [0.05, 0.1) is 10.6 Å². The molecule has 0 bridgehead atoms. The summed E-state index contributed by atoms with van der Waals surface area (Å²) in [5.74, 6) is -1.43. The van der Waals surface area contributed by atoms with Crippen LogP contribution in [0.15, 0.2) is 66.7 Å². The van der Waals surface area contributed by atoms with Crippen LogP contribution in [-0.4, -0.2) is 22.3 Å². The van der Waals surface area contributed by atoms with E-state index in [1.54, 1.807) is 56.3 Å². The van der Waals surface area contributed by atoms with E-state index in [1.807, 2.05) is 17.6 Å². The van der Waals surface area contributed by atoms with Crippen molar-refractivity contribution < 1.29 is 18.8 Å². The van der Waals surface area contributed by atoms with Crippen molar-refractivity contribution in [3.8, 4) is 0 Å². The molecule has 0 atom stereocenters. The molecule has 196 valence electrons. The molecule has 4 aromatic rings. The monoisotopic (exact) mass is 534 g/mol. The van der Waals surface area contributed by atoms with Gasteiger partial charge in [-0.2, -0.15) is 0 Å². The number of carbonyl (C=O) groups is 3. The standard InChI is InChI=1S/C29H28ClFN4O3/c1-4-35-25-11-9-22(13-19(25)14-26(35)29(38)34-21-7-5-6-20(31)15-21)33-28(37)23-12-18(8-10-24(23)30)16-32-27(36)17(2)3/h5-15,17H,4,16H2,1-3H3,(H,32,36)(H,33,37)(H,34,38). The lowest BCUT2D eigenvalue weighted by molar-refractivity contribution is -0.124. The van der Waals surface area contributed by atoms with E-state index in [0.29, 0.717) is 23.6 Å². The van der Waals surface area contributed by atoms with Gasteiger partial charge in [0.2, 0.25) is 5.91 Å².